The SMILES string of the molecule is CCCc1cc(NCC(COC)OC)ncn1. The first-order valence-corrected chi connectivity index (χ1v) is 5.86. The fourth-order valence-corrected chi connectivity index (χ4v) is 1.50. The number of anilines is 1. The summed E-state index contributed by atoms with van der Waals surface area (Å²) >= 11 is 0. The molecular formula is C12H21N3O2. The third-order valence-corrected chi connectivity index (χ3v) is 2.43. The maximum Gasteiger partial charge on any atom is 0.129 e. The lowest BCUT2D eigenvalue weighted by atomic mass is 10.2. The van der Waals surface area contributed by atoms with E-state index >= 15 is 0 Å². The molecule has 1 N–H and O–H groups in total. The van der Waals surface area contributed by atoms with Gasteiger partial charge in [0.2, 0.25) is 0 Å². The Morgan fingerprint density at radius 1 is 1.35 bits per heavy atom. The molecule has 1 atom stereocenters. The van der Waals surface area contributed by atoms with Crippen molar-refractivity contribution in [2.75, 3.05) is 32.7 Å². The van der Waals surface area contributed by atoms with Gasteiger partial charge in [0.05, 0.1) is 12.7 Å². The average molecular weight is 239 g/mol. The lowest BCUT2D eigenvalue weighted by Crippen LogP contribution is -2.26. The van der Waals surface area contributed by atoms with Gasteiger partial charge in [-0.3, -0.25) is 0 Å². The summed E-state index contributed by atoms with van der Waals surface area (Å²) in [5, 5.41) is 3.22. The topological polar surface area (TPSA) is 56.3 Å². The van der Waals surface area contributed by atoms with Crippen molar-refractivity contribution in [3.05, 3.63) is 18.1 Å². The van der Waals surface area contributed by atoms with Crippen molar-refractivity contribution in [3.63, 3.8) is 0 Å². The molecule has 1 unspecified atom stereocenters. The molecule has 0 saturated heterocycles. The molecule has 0 saturated carbocycles. The van der Waals surface area contributed by atoms with Crippen LogP contribution in [0.5, 0.6) is 0 Å². The van der Waals surface area contributed by atoms with Crippen LogP contribution in [0.15, 0.2) is 12.4 Å². The van der Waals surface area contributed by atoms with Crippen LogP contribution >= 0.6 is 0 Å². The fourth-order valence-electron chi connectivity index (χ4n) is 1.50. The van der Waals surface area contributed by atoms with Crippen LogP contribution in [0.25, 0.3) is 0 Å². The third-order valence-electron chi connectivity index (χ3n) is 2.43. The molecule has 96 valence electrons. The first-order valence-electron chi connectivity index (χ1n) is 5.86. The van der Waals surface area contributed by atoms with E-state index in [4.69, 9.17) is 9.47 Å². The van der Waals surface area contributed by atoms with Gasteiger partial charge in [-0.05, 0) is 6.42 Å². The number of hydrogen-bond acceptors (Lipinski definition) is 5. The minimum atomic E-state index is 0.0320. The highest BCUT2D eigenvalue weighted by Crippen LogP contribution is 2.06. The Morgan fingerprint density at radius 3 is 2.82 bits per heavy atom. The predicted molar refractivity (Wildman–Crippen MR) is 67.2 cm³/mol. The molecule has 17 heavy (non-hydrogen) atoms. The Labute approximate surface area is 103 Å². The first kappa shape index (κ1) is 13.9. The minimum absolute atomic E-state index is 0.0320. The van der Waals surface area contributed by atoms with E-state index in [1.165, 1.54) is 0 Å². The Kier molecular flexibility index (Phi) is 6.50. The van der Waals surface area contributed by atoms with E-state index in [9.17, 15) is 0 Å². The molecule has 0 aliphatic heterocycles. The molecule has 0 aliphatic carbocycles. The largest absolute Gasteiger partial charge is 0.382 e. The van der Waals surface area contributed by atoms with E-state index in [0.29, 0.717) is 13.2 Å². The maximum absolute atomic E-state index is 5.26. The second-order valence-corrected chi connectivity index (χ2v) is 3.84. The lowest BCUT2D eigenvalue weighted by molar-refractivity contribution is 0.0365. The number of aromatic nitrogens is 2. The molecule has 5 nitrogen and oxygen atoms in total. The number of ether oxygens (including phenoxy) is 2. The van der Waals surface area contributed by atoms with E-state index in [2.05, 4.69) is 22.2 Å². The molecule has 0 radical (unpaired) electrons. The van der Waals surface area contributed by atoms with E-state index in [-0.39, 0.29) is 6.10 Å². The molecule has 0 aromatic carbocycles. The molecular weight excluding hydrogens is 218 g/mol. The van der Waals surface area contributed by atoms with E-state index in [1.54, 1.807) is 20.5 Å². The summed E-state index contributed by atoms with van der Waals surface area (Å²) in [6.45, 7) is 3.37. The van der Waals surface area contributed by atoms with Crippen LogP contribution in [0.3, 0.4) is 0 Å². The van der Waals surface area contributed by atoms with Crippen LogP contribution in [0.2, 0.25) is 0 Å². The third kappa shape index (κ3) is 5.10. The summed E-state index contributed by atoms with van der Waals surface area (Å²) in [7, 11) is 3.34. The van der Waals surface area contributed by atoms with Gasteiger partial charge in [-0.25, -0.2) is 9.97 Å². The normalized spacial score (nSPS) is 12.4. The van der Waals surface area contributed by atoms with Crippen LogP contribution in [0, 0.1) is 0 Å². The van der Waals surface area contributed by atoms with Gasteiger partial charge >= 0.3 is 0 Å². The molecule has 1 aromatic heterocycles. The van der Waals surface area contributed by atoms with E-state index < -0.39 is 0 Å². The van der Waals surface area contributed by atoms with Crippen LogP contribution < -0.4 is 5.32 Å². The van der Waals surface area contributed by atoms with Crippen molar-refractivity contribution < 1.29 is 9.47 Å². The molecule has 0 bridgehead atoms. The summed E-state index contributed by atoms with van der Waals surface area (Å²) < 4.78 is 10.3. The molecule has 1 heterocycles. The molecule has 0 fully saturated rings. The number of rotatable bonds is 8. The summed E-state index contributed by atoms with van der Waals surface area (Å²) in [5.41, 5.74) is 1.06. The van der Waals surface area contributed by atoms with Crippen LogP contribution in [-0.4, -0.2) is 43.4 Å². The van der Waals surface area contributed by atoms with Gasteiger partial charge in [-0.1, -0.05) is 13.3 Å². The lowest BCUT2D eigenvalue weighted by Gasteiger charge is -2.15. The Bertz CT molecular complexity index is 320. The quantitative estimate of drug-likeness (QED) is 0.745. The second kappa shape index (κ2) is 7.97. The zero-order chi connectivity index (χ0) is 12.5. The van der Waals surface area contributed by atoms with Gasteiger partial charge in [0.1, 0.15) is 12.1 Å². The number of aryl methyl sites for hydroxylation is 1. The number of nitrogens with one attached hydrogen (secondary N) is 1. The van der Waals surface area contributed by atoms with Gasteiger partial charge in [0.15, 0.2) is 0 Å². The van der Waals surface area contributed by atoms with Gasteiger partial charge in [-0.2, -0.15) is 0 Å². The van der Waals surface area contributed by atoms with Crippen LogP contribution in [0.4, 0.5) is 5.82 Å². The van der Waals surface area contributed by atoms with Crippen molar-refractivity contribution in [3.8, 4) is 0 Å². The number of nitrogens with zero attached hydrogens (tertiary/aromatic N) is 2. The second-order valence-electron chi connectivity index (χ2n) is 3.84. The Balaban J connectivity index is 2.47. The van der Waals surface area contributed by atoms with Crippen molar-refractivity contribution in [1.29, 1.82) is 0 Å². The molecule has 1 aromatic rings. The Morgan fingerprint density at radius 2 is 2.18 bits per heavy atom. The molecule has 0 spiro atoms. The van der Waals surface area contributed by atoms with Crippen molar-refractivity contribution in [2.24, 2.45) is 0 Å². The predicted octanol–water partition coefficient (Wildman–Crippen LogP) is 1.50. The number of hydrogen-bond donors (Lipinski definition) is 1. The standard InChI is InChI=1S/C12H21N3O2/c1-4-5-10-6-12(15-9-14-10)13-7-11(17-3)8-16-2/h6,9,11H,4-5,7-8H2,1-3H3,(H,13,14,15). The van der Waals surface area contributed by atoms with Crippen molar-refractivity contribution in [2.45, 2.75) is 25.9 Å². The fraction of sp³-hybridized carbons (Fsp3) is 0.667. The molecule has 1 rings (SSSR count). The summed E-state index contributed by atoms with van der Waals surface area (Å²) in [6.07, 6.45) is 3.68. The van der Waals surface area contributed by atoms with Gasteiger partial charge in [-0.15, -0.1) is 0 Å². The first-order chi connectivity index (χ1) is 8.30. The minimum Gasteiger partial charge on any atom is -0.382 e. The molecule has 0 amide bonds. The highest BCUT2D eigenvalue weighted by Gasteiger charge is 2.06. The van der Waals surface area contributed by atoms with Gasteiger partial charge < -0.3 is 14.8 Å². The van der Waals surface area contributed by atoms with Crippen LogP contribution in [0.1, 0.15) is 19.0 Å². The van der Waals surface area contributed by atoms with Crippen molar-refractivity contribution in [1.82, 2.24) is 9.97 Å². The number of methoxy groups -OCH3 is 2. The van der Waals surface area contributed by atoms with Gasteiger partial charge in [0.25, 0.3) is 0 Å². The van der Waals surface area contributed by atoms with Gasteiger partial charge in [0, 0.05) is 32.5 Å². The summed E-state index contributed by atoms with van der Waals surface area (Å²) in [4.78, 5) is 8.38. The Hall–Kier alpha value is -1.20. The highest BCUT2D eigenvalue weighted by molar-refractivity contribution is 5.34. The zero-order valence-electron chi connectivity index (χ0n) is 10.8. The molecule has 0 aliphatic rings. The smallest absolute Gasteiger partial charge is 0.129 e. The summed E-state index contributed by atoms with van der Waals surface area (Å²) in [6, 6.07) is 1.98. The molecule has 5 heteroatoms. The zero-order valence-corrected chi connectivity index (χ0v) is 10.8. The monoisotopic (exact) mass is 239 g/mol. The maximum atomic E-state index is 5.26. The van der Waals surface area contributed by atoms with Crippen molar-refractivity contribution >= 4 is 5.82 Å². The van der Waals surface area contributed by atoms with Crippen LogP contribution in [-0.2, 0) is 15.9 Å². The average Bonchev–Trinajstić information content (AvgIpc) is 2.35. The highest BCUT2D eigenvalue weighted by atomic mass is 16.5. The van der Waals surface area contributed by atoms with E-state index in [1.807, 2.05) is 6.07 Å². The summed E-state index contributed by atoms with van der Waals surface area (Å²) in [5.74, 6) is 0.835. The van der Waals surface area contributed by atoms with E-state index in [0.717, 1.165) is 24.4 Å².